The second-order valence-electron chi connectivity index (χ2n) is 5.03. The number of nitrogens with zero attached hydrogens (tertiary/aromatic N) is 5. The van der Waals surface area contributed by atoms with Crippen LogP contribution < -0.4 is 5.43 Å². The van der Waals surface area contributed by atoms with Gasteiger partial charge in [-0.1, -0.05) is 12.1 Å². The fraction of sp³-hybridized carbons (Fsp3) is 0.125. The van der Waals surface area contributed by atoms with Gasteiger partial charge in [-0.25, -0.2) is 14.6 Å². The molecule has 23 heavy (non-hydrogen) atoms. The lowest BCUT2D eigenvalue weighted by Gasteiger charge is -2.05. The highest BCUT2D eigenvalue weighted by Gasteiger charge is 2.06. The molecule has 1 aromatic carbocycles. The largest absolute Gasteiger partial charge is 0.507 e. The molecular formula is C16H16N6O. The van der Waals surface area contributed by atoms with Crippen LogP contribution in [-0.2, 0) is 0 Å². The van der Waals surface area contributed by atoms with Gasteiger partial charge in [0.1, 0.15) is 12.1 Å². The maximum atomic E-state index is 9.68. The molecule has 2 heterocycles. The van der Waals surface area contributed by atoms with Crippen molar-refractivity contribution in [2.24, 2.45) is 5.10 Å². The normalized spacial score (nSPS) is 11.0. The molecule has 0 amide bonds. The van der Waals surface area contributed by atoms with Crippen LogP contribution in [0.25, 0.3) is 5.82 Å². The fourth-order valence-corrected chi connectivity index (χ4v) is 2.15. The summed E-state index contributed by atoms with van der Waals surface area (Å²) in [7, 11) is 0. The van der Waals surface area contributed by atoms with E-state index < -0.39 is 0 Å². The summed E-state index contributed by atoms with van der Waals surface area (Å²) in [6.07, 6.45) is 2.98. The second-order valence-corrected chi connectivity index (χ2v) is 5.03. The zero-order valence-corrected chi connectivity index (χ0v) is 12.8. The highest BCUT2D eigenvalue weighted by molar-refractivity contribution is 5.83. The number of nitrogens with one attached hydrogen (secondary N) is 1. The van der Waals surface area contributed by atoms with Crippen LogP contribution in [0.5, 0.6) is 5.75 Å². The minimum Gasteiger partial charge on any atom is -0.507 e. The van der Waals surface area contributed by atoms with Crippen molar-refractivity contribution in [1.29, 1.82) is 0 Å². The van der Waals surface area contributed by atoms with E-state index in [9.17, 15) is 5.11 Å². The predicted octanol–water partition coefficient (Wildman–Crippen LogP) is 2.43. The summed E-state index contributed by atoms with van der Waals surface area (Å²) >= 11 is 0. The van der Waals surface area contributed by atoms with E-state index >= 15 is 0 Å². The van der Waals surface area contributed by atoms with Gasteiger partial charge in [0, 0.05) is 17.3 Å². The number of hydrazone groups is 1. The molecule has 0 bridgehead atoms. The van der Waals surface area contributed by atoms with Gasteiger partial charge in [0.05, 0.1) is 11.9 Å². The molecule has 116 valence electrons. The first-order valence-electron chi connectivity index (χ1n) is 7.06. The standard InChI is InChI=1S/C16H16N6O/c1-11-7-12(2)22(21-11)16-8-15(17-10-18-16)20-19-9-13-5-3-4-6-14(13)23/h3-10,23H,1-2H3,(H,17,18,20)/b19-9+. The van der Waals surface area contributed by atoms with Crippen LogP contribution in [0.1, 0.15) is 17.0 Å². The number of aromatic hydroxyl groups is 1. The van der Waals surface area contributed by atoms with Crippen LogP contribution >= 0.6 is 0 Å². The Morgan fingerprint density at radius 1 is 1.17 bits per heavy atom. The number of phenolic OH excluding ortho intramolecular Hbond substituents is 1. The zero-order chi connectivity index (χ0) is 16.2. The summed E-state index contributed by atoms with van der Waals surface area (Å²) in [5.41, 5.74) is 5.36. The number of phenols is 1. The van der Waals surface area contributed by atoms with E-state index in [0.717, 1.165) is 11.4 Å². The molecule has 0 fully saturated rings. The molecule has 0 saturated carbocycles. The first-order valence-corrected chi connectivity index (χ1v) is 7.06. The predicted molar refractivity (Wildman–Crippen MR) is 88.0 cm³/mol. The third-order valence-electron chi connectivity index (χ3n) is 3.20. The van der Waals surface area contributed by atoms with E-state index in [1.807, 2.05) is 26.0 Å². The monoisotopic (exact) mass is 308 g/mol. The van der Waals surface area contributed by atoms with Crippen molar-refractivity contribution >= 4 is 12.0 Å². The first kappa shape index (κ1) is 14.7. The van der Waals surface area contributed by atoms with Gasteiger partial charge in [-0.3, -0.25) is 5.43 Å². The van der Waals surface area contributed by atoms with Crippen LogP contribution in [-0.4, -0.2) is 31.1 Å². The molecule has 7 nitrogen and oxygen atoms in total. The topological polar surface area (TPSA) is 88.2 Å². The molecule has 3 rings (SSSR count). The maximum Gasteiger partial charge on any atom is 0.159 e. The molecular weight excluding hydrogens is 292 g/mol. The van der Waals surface area contributed by atoms with Crippen LogP contribution in [0.2, 0.25) is 0 Å². The number of benzene rings is 1. The van der Waals surface area contributed by atoms with E-state index in [4.69, 9.17) is 0 Å². The Kier molecular flexibility index (Phi) is 4.01. The Morgan fingerprint density at radius 2 is 2.00 bits per heavy atom. The van der Waals surface area contributed by atoms with Crippen molar-refractivity contribution in [3.63, 3.8) is 0 Å². The zero-order valence-electron chi connectivity index (χ0n) is 12.8. The lowest BCUT2D eigenvalue weighted by atomic mass is 10.2. The summed E-state index contributed by atoms with van der Waals surface area (Å²) in [6, 6.07) is 10.7. The highest BCUT2D eigenvalue weighted by Crippen LogP contribution is 2.14. The number of rotatable bonds is 4. The van der Waals surface area contributed by atoms with Crippen LogP contribution in [0.3, 0.4) is 0 Å². The van der Waals surface area contributed by atoms with Crippen molar-refractivity contribution in [3.8, 4) is 11.6 Å². The van der Waals surface area contributed by atoms with Crippen molar-refractivity contribution in [2.75, 3.05) is 5.43 Å². The Labute approximate surface area is 133 Å². The van der Waals surface area contributed by atoms with Gasteiger partial charge in [-0.15, -0.1) is 0 Å². The van der Waals surface area contributed by atoms with Gasteiger partial charge in [0.2, 0.25) is 0 Å². The van der Waals surface area contributed by atoms with E-state index in [1.54, 1.807) is 28.9 Å². The second kappa shape index (κ2) is 6.27. The Morgan fingerprint density at radius 3 is 2.74 bits per heavy atom. The third-order valence-corrected chi connectivity index (χ3v) is 3.20. The van der Waals surface area contributed by atoms with Crippen molar-refractivity contribution in [3.05, 3.63) is 59.7 Å². The molecule has 3 aromatic rings. The summed E-state index contributed by atoms with van der Waals surface area (Å²) in [4.78, 5) is 8.34. The molecule has 0 aliphatic carbocycles. The highest BCUT2D eigenvalue weighted by atomic mass is 16.3. The first-order chi connectivity index (χ1) is 11.1. The molecule has 7 heteroatoms. The molecule has 0 aliphatic heterocycles. The van der Waals surface area contributed by atoms with Gasteiger partial charge in [-0.05, 0) is 32.0 Å². The van der Waals surface area contributed by atoms with Crippen LogP contribution in [0, 0.1) is 13.8 Å². The van der Waals surface area contributed by atoms with Crippen molar-refractivity contribution in [2.45, 2.75) is 13.8 Å². The van der Waals surface area contributed by atoms with E-state index in [0.29, 0.717) is 17.2 Å². The van der Waals surface area contributed by atoms with Gasteiger partial charge >= 0.3 is 0 Å². The summed E-state index contributed by atoms with van der Waals surface area (Å²) in [5.74, 6) is 1.36. The minimum atomic E-state index is 0.170. The van der Waals surface area contributed by atoms with Gasteiger partial charge in [0.25, 0.3) is 0 Å². The van der Waals surface area contributed by atoms with Crippen LogP contribution in [0.15, 0.2) is 47.8 Å². The molecule has 0 unspecified atom stereocenters. The van der Waals surface area contributed by atoms with Crippen molar-refractivity contribution < 1.29 is 5.11 Å². The average molecular weight is 308 g/mol. The molecule has 0 saturated heterocycles. The fourth-order valence-electron chi connectivity index (χ4n) is 2.15. The molecule has 0 atom stereocenters. The summed E-state index contributed by atoms with van der Waals surface area (Å²) in [6.45, 7) is 3.89. The number of para-hydroxylation sites is 1. The summed E-state index contributed by atoms with van der Waals surface area (Å²) in [5, 5.41) is 18.1. The number of anilines is 1. The maximum absolute atomic E-state index is 9.68. The lowest BCUT2D eigenvalue weighted by Crippen LogP contribution is -2.04. The van der Waals surface area contributed by atoms with Crippen LogP contribution in [0.4, 0.5) is 5.82 Å². The number of aromatic nitrogens is 4. The molecule has 0 spiro atoms. The van der Waals surface area contributed by atoms with E-state index in [2.05, 4.69) is 25.6 Å². The third kappa shape index (κ3) is 3.34. The van der Waals surface area contributed by atoms with Gasteiger partial charge < -0.3 is 5.11 Å². The smallest absolute Gasteiger partial charge is 0.159 e. The quantitative estimate of drug-likeness (QED) is 0.571. The van der Waals surface area contributed by atoms with E-state index in [1.165, 1.54) is 12.5 Å². The molecule has 0 aliphatic rings. The molecule has 2 N–H and O–H groups in total. The Bertz CT molecular complexity index is 855. The number of aryl methyl sites for hydroxylation is 2. The molecule has 0 radical (unpaired) electrons. The number of hydrogen-bond donors (Lipinski definition) is 2. The molecule has 2 aromatic heterocycles. The Hall–Kier alpha value is -3.22. The van der Waals surface area contributed by atoms with E-state index in [-0.39, 0.29) is 5.75 Å². The SMILES string of the molecule is Cc1cc(C)n(-c2cc(N/N=C/c3ccccc3O)ncn2)n1. The Balaban J connectivity index is 1.78. The average Bonchev–Trinajstić information content (AvgIpc) is 2.88. The minimum absolute atomic E-state index is 0.170. The lowest BCUT2D eigenvalue weighted by molar-refractivity contribution is 0.474. The summed E-state index contributed by atoms with van der Waals surface area (Å²) < 4.78 is 1.74. The number of hydrogen-bond acceptors (Lipinski definition) is 6. The van der Waals surface area contributed by atoms with Gasteiger partial charge in [0.15, 0.2) is 11.6 Å². The van der Waals surface area contributed by atoms with Crippen molar-refractivity contribution in [1.82, 2.24) is 19.7 Å². The van der Waals surface area contributed by atoms with Gasteiger partial charge in [-0.2, -0.15) is 10.2 Å².